The summed E-state index contributed by atoms with van der Waals surface area (Å²) in [5, 5.41) is 13.9. The molecule has 0 heterocycles. The Morgan fingerprint density at radius 3 is 2.05 bits per heavy atom. The van der Waals surface area contributed by atoms with Crippen LogP contribution in [0.2, 0.25) is 0 Å². The molecular formula is C14H18N2O4. The summed E-state index contributed by atoms with van der Waals surface area (Å²) in [4.78, 5) is 33.9. The van der Waals surface area contributed by atoms with Crippen LogP contribution in [0.3, 0.4) is 0 Å². The molecule has 0 bridgehead atoms. The Labute approximate surface area is 117 Å². The van der Waals surface area contributed by atoms with Crippen molar-refractivity contribution in [3.63, 3.8) is 0 Å². The number of aliphatic carboxylic acids is 1. The van der Waals surface area contributed by atoms with E-state index in [0.717, 1.165) is 0 Å². The molecule has 0 aliphatic heterocycles. The number of hydrogen-bond donors (Lipinski definition) is 3. The predicted molar refractivity (Wildman–Crippen MR) is 74.5 cm³/mol. The summed E-state index contributed by atoms with van der Waals surface area (Å²) in [7, 11) is 0. The third-order valence-corrected chi connectivity index (χ3v) is 2.60. The Hall–Kier alpha value is -2.37. The Balaban J connectivity index is 2.70. The first kappa shape index (κ1) is 15.7. The number of hydrogen-bond acceptors (Lipinski definition) is 3. The third-order valence-electron chi connectivity index (χ3n) is 2.60. The molecule has 0 radical (unpaired) electrons. The fourth-order valence-corrected chi connectivity index (χ4v) is 1.41. The second kappa shape index (κ2) is 6.70. The Bertz CT molecular complexity index is 508. The lowest BCUT2D eigenvalue weighted by atomic mass is 10.1. The van der Waals surface area contributed by atoms with Crippen LogP contribution in [0.15, 0.2) is 24.3 Å². The van der Waals surface area contributed by atoms with Crippen LogP contribution in [0, 0.1) is 5.92 Å². The van der Waals surface area contributed by atoms with Crippen molar-refractivity contribution in [2.45, 2.75) is 26.8 Å². The van der Waals surface area contributed by atoms with E-state index in [1.165, 1.54) is 6.92 Å². The second-order valence-corrected chi connectivity index (χ2v) is 4.75. The molecule has 0 spiro atoms. The van der Waals surface area contributed by atoms with Gasteiger partial charge in [-0.15, -0.1) is 0 Å². The number of carbonyl (C=O) groups is 3. The van der Waals surface area contributed by atoms with Crippen molar-refractivity contribution in [2.24, 2.45) is 5.92 Å². The number of rotatable bonds is 5. The Morgan fingerprint density at radius 1 is 1.05 bits per heavy atom. The first-order chi connectivity index (χ1) is 9.31. The van der Waals surface area contributed by atoms with E-state index in [-0.39, 0.29) is 11.9 Å². The molecule has 6 heteroatoms. The summed E-state index contributed by atoms with van der Waals surface area (Å²) in [5.41, 5.74) is 0.923. The molecule has 1 atom stereocenters. The van der Waals surface area contributed by atoms with E-state index in [9.17, 15) is 14.4 Å². The van der Waals surface area contributed by atoms with Gasteiger partial charge in [-0.1, -0.05) is 0 Å². The van der Waals surface area contributed by atoms with Gasteiger partial charge in [0.1, 0.15) is 5.92 Å². The maximum absolute atomic E-state index is 11.7. The Morgan fingerprint density at radius 2 is 1.60 bits per heavy atom. The van der Waals surface area contributed by atoms with Gasteiger partial charge in [-0.25, -0.2) is 0 Å². The molecule has 2 amide bonds. The minimum absolute atomic E-state index is 0.0401. The van der Waals surface area contributed by atoms with Gasteiger partial charge in [-0.3, -0.25) is 14.4 Å². The van der Waals surface area contributed by atoms with Crippen LogP contribution < -0.4 is 10.6 Å². The van der Waals surface area contributed by atoms with E-state index in [2.05, 4.69) is 10.6 Å². The topological polar surface area (TPSA) is 95.5 Å². The van der Waals surface area contributed by atoms with Gasteiger partial charge in [-0.05, 0) is 45.0 Å². The highest BCUT2D eigenvalue weighted by Crippen LogP contribution is 2.11. The number of carboxylic acids is 1. The summed E-state index contributed by atoms with van der Waals surface area (Å²) < 4.78 is 0. The maximum atomic E-state index is 11.7. The second-order valence-electron chi connectivity index (χ2n) is 4.75. The van der Waals surface area contributed by atoms with Crippen LogP contribution in [0.4, 0.5) is 5.69 Å². The van der Waals surface area contributed by atoms with E-state index in [0.29, 0.717) is 11.3 Å². The lowest BCUT2D eigenvalue weighted by Gasteiger charge is -2.10. The van der Waals surface area contributed by atoms with Crippen molar-refractivity contribution in [3.05, 3.63) is 29.8 Å². The summed E-state index contributed by atoms with van der Waals surface area (Å²) in [6, 6.07) is 6.29. The number of carbonyl (C=O) groups excluding carboxylic acids is 2. The summed E-state index contributed by atoms with van der Waals surface area (Å²) in [6.07, 6.45) is 0. The summed E-state index contributed by atoms with van der Waals surface area (Å²) in [5.74, 6) is -3.11. The van der Waals surface area contributed by atoms with Crippen molar-refractivity contribution >= 4 is 23.5 Å². The molecule has 0 aliphatic rings. The van der Waals surface area contributed by atoms with Gasteiger partial charge in [-0.2, -0.15) is 0 Å². The van der Waals surface area contributed by atoms with Crippen molar-refractivity contribution in [2.75, 3.05) is 5.32 Å². The molecule has 0 aliphatic carbocycles. The van der Waals surface area contributed by atoms with Gasteiger partial charge in [0.25, 0.3) is 5.91 Å². The molecule has 1 rings (SSSR count). The average molecular weight is 278 g/mol. The molecule has 108 valence electrons. The minimum Gasteiger partial charge on any atom is -0.481 e. The van der Waals surface area contributed by atoms with E-state index >= 15 is 0 Å². The van der Waals surface area contributed by atoms with Gasteiger partial charge < -0.3 is 15.7 Å². The van der Waals surface area contributed by atoms with Gasteiger partial charge in [0, 0.05) is 17.3 Å². The monoisotopic (exact) mass is 278 g/mol. The van der Waals surface area contributed by atoms with E-state index in [4.69, 9.17) is 5.11 Å². The van der Waals surface area contributed by atoms with Crippen molar-refractivity contribution in [1.29, 1.82) is 0 Å². The SMILES string of the molecule is CC(C)NC(=O)c1ccc(NC(=O)C(C)C(=O)O)cc1. The minimum atomic E-state index is -1.18. The van der Waals surface area contributed by atoms with Crippen molar-refractivity contribution in [1.82, 2.24) is 5.32 Å². The zero-order valence-corrected chi connectivity index (χ0v) is 11.6. The number of anilines is 1. The standard InChI is InChI=1S/C14H18N2O4/c1-8(2)15-13(18)10-4-6-11(7-5-10)16-12(17)9(3)14(19)20/h4-9H,1-3H3,(H,15,18)(H,16,17)(H,19,20). The predicted octanol–water partition coefficient (Wildman–Crippen LogP) is 1.48. The molecule has 20 heavy (non-hydrogen) atoms. The first-order valence-corrected chi connectivity index (χ1v) is 6.26. The molecule has 3 N–H and O–H groups in total. The van der Waals surface area contributed by atoms with Gasteiger partial charge in [0.15, 0.2) is 0 Å². The van der Waals surface area contributed by atoms with Crippen LogP contribution in [0.5, 0.6) is 0 Å². The van der Waals surface area contributed by atoms with Crippen molar-refractivity contribution < 1.29 is 19.5 Å². The van der Waals surface area contributed by atoms with Gasteiger partial charge >= 0.3 is 5.97 Å². The molecule has 1 aromatic carbocycles. The highest BCUT2D eigenvalue weighted by Gasteiger charge is 2.20. The molecule has 0 aromatic heterocycles. The molecule has 6 nitrogen and oxygen atoms in total. The average Bonchev–Trinajstić information content (AvgIpc) is 2.37. The lowest BCUT2D eigenvalue weighted by Crippen LogP contribution is -2.30. The fourth-order valence-electron chi connectivity index (χ4n) is 1.41. The van der Waals surface area contributed by atoms with Gasteiger partial charge in [0.2, 0.25) is 5.91 Å². The van der Waals surface area contributed by atoms with Crippen LogP contribution >= 0.6 is 0 Å². The highest BCUT2D eigenvalue weighted by molar-refractivity contribution is 6.04. The van der Waals surface area contributed by atoms with E-state index in [1.54, 1.807) is 24.3 Å². The van der Waals surface area contributed by atoms with Crippen LogP contribution in [0.25, 0.3) is 0 Å². The molecule has 1 aromatic rings. The third kappa shape index (κ3) is 4.38. The number of amides is 2. The molecular weight excluding hydrogens is 260 g/mol. The smallest absolute Gasteiger partial charge is 0.315 e. The first-order valence-electron chi connectivity index (χ1n) is 6.26. The lowest BCUT2D eigenvalue weighted by molar-refractivity contribution is -0.144. The van der Waals surface area contributed by atoms with Crippen molar-refractivity contribution in [3.8, 4) is 0 Å². The zero-order valence-electron chi connectivity index (χ0n) is 11.6. The fraction of sp³-hybridized carbons (Fsp3) is 0.357. The number of benzene rings is 1. The van der Waals surface area contributed by atoms with Crippen LogP contribution in [-0.2, 0) is 9.59 Å². The summed E-state index contributed by atoms with van der Waals surface area (Å²) in [6.45, 7) is 5.03. The maximum Gasteiger partial charge on any atom is 0.315 e. The number of carboxylic acid groups (broad SMARTS) is 1. The van der Waals surface area contributed by atoms with E-state index in [1.807, 2.05) is 13.8 Å². The normalized spacial score (nSPS) is 11.8. The molecule has 0 saturated carbocycles. The van der Waals surface area contributed by atoms with Gasteiger partial charge in [0.05, 0.1) is 0 Å². The molecule has 0 saturated heterocycles. The quantitative estimate of drug-likeness (QED) is 0.711. The number of nitrogens with one attached hydrogen (secondary N) is 2. The summed E-state index contributed by atoms with van der Waals surface area (Å²) >= 11 is 0. The van der Waals surface area contributed by atoms with Crippen LogP contribution in [-0.4, -0.2) is 28.9 Å². The largest absolute Gasteiger partial charge is 0.481 e. The van der Waals surface area contributed by atoms with E-state index < -0.39 is 17.8 Å². The highest BCUT2D eigenvalue weighted by atomic mass is 16.4. The zero-order chi connectivity index (χ0) is 15.3. The molecule has 0 fully saturated rings. The Kier molecular flexibility index (Phi) is 5.25. The van der Waals surface area contributed by atoms with Crippen LogP contribution in [0.1, 0.15) is 31.1 Å². The molecule has 1 unspecified atom stereocenters.